The number of cyclic esters (lactones) is 1. The number of imide groups is 1. The molecule has 2 rings (SSSR count). The maximum Gasteiger partial charge on any atom is 0.417 e. The molecular formula is C14H19NO5S. The molecule has 1 fully saturated rings. The van der Waals surface area contributed by atoms with Crippen molar-refractivity contribution in [1.29, 1.82) is 0 Å². The standard InChI is InChI=1S/C14H19NO5S/c1-7(2)9-6-20-14(18)15(9)12(16)11-8(13(17)19-3)5-10(11)21-4/h5,7-9,11H,6H2,1-4H3. The summed E-state index contributed by atoms with van der Waals surface area (Å²) in [5, 5.41) is 0. The third-order valence-electron chi connectivity index (χ3n) is 3.90. The van der Waals surface area contributed by atoms with E-state index in [1.165, 1.54) is 18.9 Å². The van der Waals surface area contributed by atoms with E-state index >= 15 is 0 Å². The summed E-state index contributed by atoms with van der Waals surface area (Å²) in [5.41, 5.74) is 0. The van der Waals surface area contributed by atoms with Gasteiger partial charge >= 0.3 is 12.1 Å². The fourth-order valence-corrected chi connectivity index (χ4v) is 3.36. The van der Waals surface area contributed by atoms with Crippen LogP contribution in [-0.4, -0.2) is 48.9 Å². The van der Waals surface area contributed by atoms with E-state index in [1.54, 1.807) is 6.08 Å². The first kappa shape index (κ1) is 15.9. The number of rotatable bonds is 4. The molecular weight excluding hydrogens is 294 g/mol. The first-order valence-corrected chi connectivity index (χ1v) is 7.98. The van der Waals surface area contributed by atoms with Crippen LogP contribution in [0, 0.1) is 17.8 Å². The van der Waals surface area contributed by atoms with Crippen molar-refractivity contribution in [3.63, 3.8) is 0 Å². The van der Waals surface area contributed by atoms with Crippen molar-refractivity contribution in [2.75, 3.05) is 20.0 Å². The van der Waals surface area contributed by atoms with Gasteiger partial charge in [0.05, 0.1) is 25.0 Å². The molecule has 2 aliphatic rings. The number of carbonyl (C=O) groups excluding carboxylic acids is 3. The van der Waals surface area contributed by atoms with E-state index in [-0.39, 0.29) is 24.5 Å². The zero-order valence-corrected chi connectivity index (χ0v) is 13.3. The van der Waals surface area contributed by atoms with Crippen molar-refractivity contribution in [1.82, 2.24) is 4.90 Å². The van der Waals surface area contributed by atoms with E-state index in [2.05, 4.69) is 0 Å². The Morgan fingerprint density at radius 3 is 2.67 bits per heavy atom. The molecule has 6 nitrogen and oxygen atoms in total. The van der Waals surface area contributed by atoms with Gasteiger partial charge in [-0.05, 0) is 17.1 Å². The van der Waals surface area contributed by atoms with E-state index in [4.69, 9.17) is 9.47 Å². The van der Waals surface area contributed by atoms with Crippen LogP contribution in [0.1, 0.15) is 13.8 Å². The summed E-state index contributed by atoms with van der Waals surface area (Å²) in [4.78, 5) is 38.2. The Morgan fingerprint density at radius 2 is 2.14 bits per heavy atom. The number of hydrogen-bond acceptors (Lipinski definition) is 6. The maximum absolute atomic E-state index is 12.7. The molecule has 0 radical (unpaired) electrons. The van der Waals surface area contributed by atoms with E-state index in [0.29, 0.717) is 0 Å². The molecule has 2 amide bonds. The monoisotopic (exact) mass is 313 g/mol. The number of nitrogens with zero attached hydrogens (tertiary/aromatic N) is 1. The quantitative estimate of drug-likeness (QED) is 0.735. The molecule has 21 heavy (non-hydrogen) atoms. The molecule has 3 atom stereocenters. The second kappa shape index (κ2) is 6.09. The minimum atomic E-state index is -0.639. The van der Waals surface area contributed by atoms with Crippen LogP contribution in [0.2, 0.25) is 0 Å². The molecule has 1 saturated heterocycles. The highest BCUT2D eigenvalue weighted by atomic mass is 32.2. The first-order valence-electron chi connectivity index (χ1n) is 6.75. The Morgan fingerprint density at radius 1 is 1.48 bits per heavy atom. The second-order valence-electron chi connectivity index (χ2n) is 5.40. The van der Waals surface area contributed by atoms with Crippen molar-refractivity contribution in [2.24, 2.45) is 17.8 Å². The van der Waals surface area contributed by atoms with Crippen LogP contribution in [0.25, 0.3) is 0 Å². The van der Waals surface area contributed by atoms with Crippen molar-refractivity contribution < 1.29 is 23.9 Å². The molecule has 1 aliphatic carbocycles. The Hall–Kier alpha value is -1.50. The smallest absolute Gasteiger partial charge is 0.417 e. The predicted octanol–water partition coefficient (Wildman–Crippen LogP) is 1.66. The molecule has 0 bridgehead atoms. The van der Waals surface area contributed by atoms with Gasteiger partial charge in [0, 0.05) is 0 Å². The Labute approximate surface area is 127 Å². The Bertz CT molecular complexity index is 502. The van der Waals surface area contributed by atoms with Crippen LogP contribution in [0.15, 0.2) is 11.0 Å². The Balaban J connectivity index is 2.23. The lowest BCUT2D eigenvalue weighted by Crippen LogP contribution is -2.50. The molecule has 0 aromatic rings. The number of amides is 2. The molecule has 1 aliphatic heterocycles. The van der Waals surface area contributed by atoms with Crippen LogP contribution in [0.5, 0.6) is 0 Å². The van der Waals surface area contributed by atoms with Gasteiger partial charge in [-0.2, -0.15) is 0 Å². The van der Waals surface area contributed by atoms with Crippen LogP contribution in [-0.2, 0) is 19.1 Å². The summed E-state index contributed by atoms with van der Waals surface area (Å²) in [6, 6.07) is -0.285. The molecule has 0 saturated carbocycles. The largest absolute Gasteiger partial charge is 0.469 e. The first-order chi connectivity index (χ1) is 9.92. The van der Waals surface area contributed by atoms with Crippen LogP contribution < -0.4 is 0 Å². The van der Waals surface area contributed by atoms with Crippen molar-refractivity contribution in [3.05, 3.63) is 11.0 Å². The number of methoxy groups -OCH3 is 1. The lowest BCUT2D eigenvalue weighted by Gasteiger charge is -2.35. The van der Waals surface area contributed by atoms with Crippen LogP contribution in [0.4, 0.5) is 4.79 Å². The minimum Gasteiger partial charge on any atom is -0.469 e. The maximum atomic E-state index is 12.7. The molecule has 0 N–H and O–H groups in total. The third-order valence-corrected chi connectivity index (χ3v) is 4.76. The van der Waals surface area contributed by atoms with Gasteiger partial charge in [-0.25, -0.2) is 9.69 Å². The summed E-state index contributed by atoms with van der Waals surface area (Å²) in [5.74, 6) is -2.00. The molecule has 116 valence electrons. The normalized spacial score (nSPS) is 28.0. The highest BCUT2D eigenvalue weighted by Crippen LogP contribution is 2.42. The van der Waals surface area contributed by atoms with E-state index in [9.17, 15) is 14.4 Å². The fraction of sp³-hybridized carbons (Fsp3) is 0.643. The van der Waals surface area contributed by atoms with Gasteiger partial charge in [0.1, 0.15) is 6.61 Å². The fourth-order valence-electron chi connectivity index (χ4n) is 2.58. The van der Waals surface area contributed by atoms with Crippen molar-refractivity contribution >= 4 is 29.7 Å². The second-order valence-corrected chi connectivity index (χ2v) is 6.28. The number of carbonyl (C=O) groups is 3. The van der Waals surface area contributed by atoms with Gasteiger partial charge in [-0.3, -0.25) is 9.59 Å². The zero-order chi connectivity index (χ0) is 15.7. The topological polar surface area (TPSA) is 72.9 Å². The zero-order valence-electron chi connectivity index (χ0n) is 12.5. The van der Waals surface area contributed by atoms with Crippen molar-refractivity contribution in [2.45, 2.75) is 19.9 Å². The van der Waals surface area contributed by atoms with Crippen LogP contribution >= 0.6 is 11.8 Å². The summed E-state index contributed by atoms with van der Waals surface area (Å²) < 4.78 is 9.71. The molecule has 0 aromatic heterocycles. The molecule has 3 unspecified atom stereocenters. The molecule has 1 heterocycles. The van der Waals surface area contributed by atoms with Gasteiger partial charge in [0.15, 0.2) is 0 Å². The number of esters is 1. The molecule has 0 aromatic carbocycles. The summed E-state index contributed by atoms with van der Waals surface area (Å²) in [6.45, 7) is 4.06. The third kappa shape index (κ3) is 2.66. The highest BCUT2D eigenvalue weighted by molar-refractivity contribution is 8.02. The van der Waals surface area contributed by atoms with Crippen LogP contribution in [0.3, 0.4) is 0 Å². The average Bonchev–Trinajstić information content (AvgIpc) is 2.79. The van der Waals surface area contributed by atoms with Gasteiger partial charge < -0.3 is 9.47 Å². The van der Waals surface area contributed by atoms with E-state index < -0.39 is 23.9 Å². The summed E-state index contributed by atoms with van der Waals surface area (Å²) >= 11 is 1.40. The predicted molar refractivity (Wildman–Crippen MR) is 77.4 cm³/mol. The number of ether oxygens (including phenoxy) is 2. The van der Waals surface area contributed by atoms with Gasteiger partial charge in [0.2, 0.25) is 5.91 Å². The Kier molecular flexibility index (Phi) is 4.61. The van der Waals surface area contributed by atoms with Gasteiger partial charge in [-0.1, -0.05) is 19.9 Å². The van der Waals surface area contributed by atoms with Gasteiger partial charge in [0.25, 0.3) is 0 Å². The summed E-state index contributed by atoms with van der Waals surface area (Å²) in [7, 11) is 1.29. The van der Waals surface area contributed by atoms with E-state index in [1.807, 2.05) is 20.1 Å². The summed E-state index contributed by atoms with van der Waals surface area (Å²) in [6.07, 6.45) is 2.92. The molecule has 7 heteroatoms. The number of hydrogen-bond donors (Lipinski definition) is 0. The van der Waals surface area contributed by atoms with Gasteiger partial charge in [-0.15, -0.1) is 11.8 Å². The lowest BCUT2D eigenvalue weighted by molar-refractivity contribution is -0.150. The minimum absolute atomic E-state index is 0.0961. The highest BCUT2D eigenvalue weighted by Gasteiger charge is 2.50. The van der Waals surface area contributed by atoms with Crippen molar-refractivity contribution in [3.8, 4) is 0 Å². The average molecular weight is 313 g/mol. The van der Waals surface area contributed by atoms with E-state index in [0.717, 1.165) is 9.81 Å². The SMILES string of the molecule is COC(=O)C1C=C(SC)C1C(=O)N1C(=O)OCC1C(C)C. The lowest BCUT2D eigenvalue weighted by atomic mass is 9.80. The molecule has 0 spiro atoms. The number of thioether (sulfide) groups is 1.